The van der Waals surface area contributed by atoms with E-state index in [9.17, 15) is 5.39 Å². The third-order valence-corrected chi connectivity index (χ3v) is 4.80. The molecule has 0 N–H and O–H groups in total. The van der Waals surface area contributed by atoms with Crippen LogP contribution in [0.5, 0.6) is 0 Å². The Balaban J connectivity index is 2.03. The molecular weight excluding hydrogens is 332 g/mol. The van der Waals surface area contributed by atoms with Crippen LogP contribution >= 0.6 is 11.8 Å². The number of hydrogen-bond acceptors (Lipinski definition) is 4. The maximum atomic E-state index is 9.71. The van der Waals surface area contributed by atoms with Gasteiger partial charge in [-0.15, -0.1) is 11.8 Å². The monoisotopic (exact) mass is 347 g/mol. The van der Waals surface area contributed by atoms with Crippen LogP contribution in [0, 0.1) is 5.39 Å². The average Bonchev–Trinajstić information content (AvgIpc) is 3.20. The molecule has 0 atom stereocenters. The van der Waals surface area contributed by atoms with Crippen molar-refractivity contribution < 1.29 is 0 Å². The molecule has 7 heteroatoms. The van der Waals surface area contributed by atoms with E-state index in [1.807, 2.05) is 72.5 Å². The highest BCUT2D eigenvalue weighted by Crippen LogP contribution is 2.39. The van der Waals surface area contributed by atoms with Crippen molar-refractivity contribution in [2.45, 2.75) is 5.03 Å². The van der Waals surface area contributed by atoms with Crippen molar-refractivity contribution in [1.82, 2.24) is 19.3 Å². The molecule has 0 fully saturated rings. The quantitative estimate of drug-likeness (QED) is 0.400. The molecule has 2 aromatic carbocycles. The minimum absolute atomic E-state index is 0.369. The number of aryl methyl sites for hydroxylation is 1. The zero-order valence-electron chi connectivity index (χ0n) is 13.8. The number of thioether (sulfide) groups is 1. The molecule has 0 amide bonds. The molecule has 0 saturated heterocycles. The third kappa shape index (κ3) is 2.39. The summed E-state index contributed by atoms with van der Waals surface area (Å²) in [7, 11) is 1.95. The second-order valence-electron chi connectivity index (χ2n) is 5.54. The van der Waals surface area contributed by atoms with Crippen LogP contribution in [0.3, 0.4) is 0 Å². The Morgan fingerprint density at radius 2 is 1.76 bits per heavy atom. The number of para-hydroxylation sites is 3. The first kappa shape index (κ1) is 15.4. The number of nitrogens with zero attached hydrogens (tertiary/aromatic N) is 6. The Morgan fingerprint density at radius 1 is 1.04 bits per heavy atom. The molecule has 0 bridgehead atoms. The van der Waals surface area contributed by atoms with E-state index < -0.39 is 0 Å². The number of benzene rings is 2. The number of hydrogen-bond donors (Lipinski definition) is 0. The molecule has 0 aliphatic rings. The molecule has 0 saturated carbocycles. The van der Waals surface area contributed by atoms with Crippen molar-refractivity contribution in [2.75, 3.05) is 6.26 Å². The van der Waals surface area contributed by atoms with Crippen LogP contribution in [0.25, 0.3) is 33.1 Å². The van der Waals surface area contributed by atoms with Crippen molar-refractivity contribution in [3.8, 4) is 17.1 Å². The topological polar surface area (TPSA) is 63.8 Å². The van der Waals surface area contributed by atoms with Crippen LogP contribution in [0.15, 0.2) is 59.6 Å². The maximum Gasteiger partial charge on any atom is 0.463 e. The van der Waals surface area contributed by atoms with Gasteiger partial charge < -0.3 is 4.57 Å². The van der Waals surface area contributed by atoms with Crippen molar-refractivity contribution in [3.63, 3.8) is 0 Å². The molecule has 122 valence electrons. The van der Waals surface area contributed by atoms with Gasteiger partial charge in [-0.25, -0.2) is 4.98 Å². The molecule has 0 radical (unpaired) electrons. The Hall–Kier alpha value is -3.11. The van der Waals surface area contributed by atoms with Crippen molar-refractivity contribution in [2.24, 2.45) is 7.05 Å². The molecule has 0 aliphatic carbocycles. The van der Waals surface area contributed by atoms with Gasteiger partial charge in [0.1, 0.15) is 0 Å². The molecule has 4 rings (SSSR count). The fourth-order valence-electron chi connectivity index (χ4n) is 2.94. The lowest BCUT2D eigenvalue weighted by Crippen LogP contribution is -1.95. The fraction of sp³-hybridized carbons (Fsp3) is 0.111. The highest BCUT2D eigenvalue weighted by atomic mass is 32.2. The maximum absolute atomic E-state index is 9.71. The predicted octanol–water partition coefficient (Wildman–Crippen LogP) is 4.63. The fourth-order valence-corrected chi connectivity index (χ4v) is 3.49. The Kier molecular flexibility index (Phi) is 3.75. The van der Waals surface area contributed by atoms with E-state index in [0.717, 1.165) is 33.1 Å². The van der Waals surface area contributed by atoms with Gasteiger partial charge in [-0.2, -0.15) is 0 Å². The molecular formula is C18H15N6S+. The van der Waals surface area contributed by atoms with Gasteiger partial charge >= 0.3 is 5.82 Å². The minimum atomic E-state index is 0.369. The summed E-state index contributed by atoms with van der Waals surface area (Å²) in [5.41, 5.74) is 3.46. The van der Waals surface area contributed by atoms with Gasteiger partial charge in [0.2, 0.25) is 0 Å². The lowest BCUT2D eigenvalue weighted by Gasteiger charge is -1.99. The van der Waals surface area contributed by atoms with E-state index in [-0.39, 0.29) is 0 Å². The molecule has 0 spiro atoms. The van der Waals surface area contributed by atoms with Crippen LogP contribution in [-0.2, 0) is 7.05 Å². The normalized spacial score (nSPS) is 10.9. The SMILES string of the molecule is CSc1nn(-c2ccccc2)c([N+]#N)c1-c1nc2ccccc2n1C. The number of imidazole rings is 1. The summed E-state index contributed by atoms with van der Waals surface area (Å²) in [5.74, 6) is 1.09. The molecule has 6 nitrogen and oxygen atoms in total. The Labute approximate surface area is 148 Å². The van der Waals surface area contributed by atoms with E-state index >= 15 is 0 Å². The summed E-state index contributed by atoms with van der Waals surface area (Å²) in [6, 6.07) is 17.5. The molecule has 2 heterocycles. The van der Waals surface area contributed by atoms with Gasteiger partial charge in [0, 0.05) is 12.0 Å². The van der Waals surface area contributed by atoms with E-state index in [2.05, 4.69) is 10.1 Å². The predicted molar refractivity (Wildman–Crippen MR) is 99.8 cm³/mol. The third-order valence-electron chi connectivity index (χ3n) is 4.13. The van der Waals surface area contributed by atoms with Crippen LogP contribution < -0.4 is 0 Å². The summed E-state index contributed by atoms with van der Waals surface area (Å²) in [6.07, 6.45) is 1.95. The van der Waals surface area contributed by atoms with Crippen LogP contribution in [-0.4, -0.2) is 25.6 Å². The van der Waals surface area contributed by atoms with Gasteiger partial charge in [0.25, 0.3) is 0 Å². The molecule has 25 heavy (non-hydrogen) atoms. The zero-order valence-corrected chi connectivity index (χ0v) is 14.6. The summed E-state index contributed by atoms with van der Waals surface area (Å²) in [4.78, 5) is 8.27. The highest BCUT2D eigenvalue weighted by molar-refractivity contribution is 7.98. The van der Waals surface area contributed by atoms with Gasteiger partial charge in [0.05, 0.1) is 16.4 Å². The molecule has 0 unspecified atom stereocenters. The second-order valence-corrected chi connectivity index (χ2v) is 6.33. The second kappa shape index (κ2) is 6.07. The standard InChI is InChI=1S/C18H15N6S/c1-23-14-11-7-6-10-13(14)20-16(23)15-17(21-19)24(22-18(15)25-2)12-8-4-3-5-9-12/h3-11H,1-2H3/q+1. The summed E-state index contributed by atoms with van der Waals surface area (Å²) >= 11 is 1.50. The molecule has 4 aromatic rings. The van der Waals surface area contributed by atoms with Crippen LogP contribution in [0.4, 0.5) is 5.82 Å². The Morgan fingerprint density at radius 3 is 2.44 bits per heavy atom. The van der Waals surface area contributed by atoms with Gasteiger partial charge in [-0.1, -0.05) is 40.1 Å². The van der Waals surface area contributed by atoms with Gasteiger partial charge in [-0.05, 0) is 30.5 Å². The zero-order chi connectivity index (χ0) is 17.4. The lowest BCUT2D eigenvalue weighted by molar-refractivity contribution is 0.847. The molecule has 2 aromatic heterocycles. The van der Waals surface area contributed by atoms with E-state index in [1.54, 1.807) is 4.68 Å². The summed E-state index contributed by atoms with van der Waals surface area (Å²) in [6.45, 7) is 0. The number of diazo groups is 1. The van der Waals surface area contributed by atoms with Crippen molar-refractivity contribution >= 4 is 28.6 Å². The van der Waals surface area contributed by atoms with Crippen molar-refractivity contribution in [1.29, 1.82) is 5.39 Å². The smallest absolute Gasteiger partial charge is 0.327 e. The van der Waals surface area contributed by atoms with Gasteiger partial charge in [-0.3, -0.25) is 0 Å². The van der Waals surface area contributed by atoms with Gasteiger partial charge in [0.15, 0.2) is 22.1 Å². The minimum Gasteiger partial charge on any atom is -0.327 e. The average molecular weight is 347 g/mol. The first-order valence-electron chi connectivity index (χ1n) is 7.74. The summed E-state index contributed by atoms with van der Waals surface area (Å²) in [5, 5.41) is 15.1. The number of aromatic nitrogens is 4. The highest BCUT2D eigenvalue weighted by Gasteiger charge is 2.33. The van der Waals surface area contributed by atoms with E-state index in [4.69, 9.17) is 4.98 Å². The van der Waals surface area contributed by atoms with Crippen molar-refractivity contribution in [3.05, 3.63) is 59.6 Å². The first-order valence-corrected chi connectivity index (χ1v) is 8.96. The van der Waals surface area contributed by atoms with Crippen LogP contribution in [0.2, 0.25) is 0 Å². The van der Waals surface area contributed by atoms with E-state index in [0.29, 0.717) is 5.82 Å². The largest absolute Gasteiger partial charge is 0.463 e. The molecule has 0 aliphatic heterocycles. The van der Waals surface area contributed by atoms with E-state index in [1.165, 1.54) is 11.8 Å². The number of fused-ring (bicyclic) bond motifs is 1. The summed E-state index contributed by atoms with van der Waals surface area (Å²) < 4.78 is 3.64. The van der Waals surface area contributed by atoms with Crippen LogP contribution in [0.1, 0.15) is 0 Å². The number of rotatable bonds is 3. The Bertz CT molecular complexity index is 1100. The lowest BCUT2D eigenvalue weighted by atomic mass is 10.3. The first-order chi connectivity index (χ1) is 12.2.